The van der Waals surface area contributed by atoms with Gasteiger partial charge in [0, 0.05) is 11.6 Å². The van der Waals surface area contributed by atoms with E-state index in [-0.39, 0.29) is 16.7 Å². The first-order chi connectivity index (χ1) is 8.79. The van der Waals surface area contributed by atoms with Gasteiger partial charge in [0.15, 0.2) is 0 Å². The molecule has 100 valence electrons. The molecule has 0 aromatic heterocycles. The van der Waals surface area contributed by atoms with Crippen LogP contribution in [0.3, 0.4) is 0 Å². The Hall–Kier alpha value is -1.91. The highest BCUT2D eigenvalue weighted by molar-refractivity contribution is 5.65. The van der Waals surface area contributed by atoms with Gasteiger partial charge < -0.3 is 0 Å². The first-order valence-electron chi connectivity index (χ1n) is 5.42. The molecule has 0 heterocycles. The van der Waals surface area contributed by atoms with Crippen molar-refractivity contribution < 1.29 is 22.0 Å². The standard InChI is InChI=1S/C14H9F5/c1-8-2-3-9(6-12(8)14(17,18)19)11-5-4-10(15)7-13(11)16/h2-7H,1H3. The number of aryl methyl sites for hydroxylation is 1. The second-order valence-electron chi connectivity index (χ2n) is 4.15. The number of hydrogen-bond donors (Lipinski definition) is 0. The molecule has 2 aromatic carbocycles. The van der Waals surface area contributed by atoms with E-state index in [1.807, 2.05) is 0 Å². The molecule has 0 saturated heterocycles. The molecule has 0 atom stereocenters. The van der Waals surface area contributed by atoms with Gasteiger partial charge in [-0.25, -0.2) is 8.78 Å². The molecule has 0 N–H and O–H groups in total. The van der Waals surface area contributed by atoms with E-state index in [0.29, 0.717) is 6.07 Å². The molecule has 0 saturated carbocycles. The van der Waals surface area contributed by atoms with E-state index in [1.54, 1.807) is 0 Å². The minimum absolute atomic E-state index is 0.0544. The molecule has 2 rings (SSSR count). The fourth-order valence-corrected chi connectivity index (χ4v) is 1.82. The maximum Gasteiger partial charge on any atom is 0.416 e. The van der Waals surface area contributed by atoms with E-state index >= 15 is 0 Å². The zero-order chi connectivity index (χ0) is 14.2. The molecule has 0 spiro atoms. The summed E-state index contributed by atoms with van der Waals surface area (Å²) in [7, 11) is 0. The van der Waals surface area contributed by atoms with Gasteiger partial charge in [0.2, 0.25) is 0 Å². The largest absolute Gasteiger partial charge is 0.416 e. The SMILES string of the molecule is Cc1ccc(-c2ccc(F)cc2F)cc1C(F)(F)F. The predicted octanol–water partition coefficient (Wildman–Crippen LogP) is 4.96. The molecule has 19 heavy (non-hydrogen) atoms. The molecule has 0 radical (unpaired) electrons. The molecule has 2 aromatic rings. The van der Waals surface area contributed by atoms with Gasteiger partial charge in [0.25, 0.3) is 0 Å². The lowest BCUT2D eigenvalue weighted by molar-refractivity contribution is -0.138. The third-order valence-corrected chi connectivity index (χ3v) is 2.79. The summed E-state index contributed by atoms with van der Waals surface area (Å²) in [5.41, 5.74) is -0.769. The summed E-state index contributed by atoms with van der Waals surface area (Å²) in [5.74, 6) is -1.67. The average Bonchev–Trinajstić information content (AvgIpc) is 2.29. The quantitative estimate of drug-likeness (QED) is 0.644. The van der Waals surface area contributed by atoms with Crippen LogP contribution < -0.4 is 0 Å². The van der Waals surface area contributed by atoms with E-state index in [9.17, 15) is 22.0 Å². The Labute approximate surface area is 106 Å². The van der Waals surface area contributed by atoms with Crippen LogP contribution in [0.5, 0.6) is 0 Å². The average molecular weight is 272 g/mol. The molecule has 0 nitrogen and oxygen atoms in total. The van der Waals surface area contributed by atoms with Gasteiger partial charge in [0.1, 0.15) is 11.6 Å². The van der Waals surface area contributed by atoms with Gasteiger partial charge in [-0.05, 0) is 36.2 Å². The van der Waals surface area contributed by atoms with Crippen LogP contribution in [-0.4, -0.2) is 0 Å². The third-order valence-electron chi connectivity index (χ3n) is 2.79. The van der Waals surface area contributed by atoms with Crippen molar-refractivity contribution in [3.8, 4) is 11.1 Å². The minimum Gasteiger partial charge on any atom is -0.207 e. The van der Waals surface area contributed by atoms with Gasteiger partial charge in [0.05, 0.1) is 5.56 Å². The lowest BCUT2D eigenvalue weighted by Gasteiger charge is -2.12. The first-order valence-corrected chi connectivity index (χ1v) is 5.42. The molecule has 0 amide bonds. The van der Waals surface area contributed by atoms with Crippen LogP contribution in [-0.2, 0) is 6.18 Å². The van der Waals surface area contributed by atoms with Crippen molar-refractivity contribution in [2.45, 2.75) is 13.1 Å². The Kier molecular flexibility index (Phi) is 3.30. The van der Waals surface area contributed by atoms with Crippen molar-refractivity contribution in [1.29, 1.82) is 0 Å². The first kappa shape index (κ1) is 13.5. The van der Waals surface area contributed by atoms with Crippen LogP contribution in [0.4, 0.5) is 22.0 Å². The Morgan fingerprint density at radius 1 is 0.895 bits per heavy atom. The summed E-state index contributed by atoms with van der Waals surface area (Å²) < 4.78 is 64.6. The van der Waals surface area contributed by atoms with Crippen LogP contribution >= 0.6 is 0 Å². The summed E-state index contributed by atoms with van der Waals surface area (Å²) in [6.45, 7) is 1.33. The Balaban J connectivity index is 2.58. The van der Waals surface area contributed by atoms with Gasteiger partial charge in [-0.15, -0.1) is 0 Å². The van der Waals surface area contributed by atoms with E-state index in [2.05, 4.69) is 0 Å². The molecular formula is C14H9F5. The lowest BCUT2D eigenvalue weighted by atomic mass is 9.99. The molecule has 0 aliphatic carbocycles. The monoisotopic (exact) mass is 272 g/mol. The molecule has 0 aliphatic rings. The number of benzene rings is 2. The Morgan fingerprint density at radius 3 is 2.16 bits per heavy atom. The van der Waals surface area contributed by atoms with Crippen LogP contribution in [0, 0.1) is 18.6 Å². The molecular weight excluding hydrogens is 263 g/mol. The fraction of sp³-hybridized carbons (Fsp3) is 0.143. The van der Waals surface area contributed by atoms with Crippen molar-refractivity contribution >= 4 is 0 Å². The molecule has 0 aliphatic heterocycles. The van der Waals surface area contributed by atoms with Crippen molar-refractivity contribution in [1.82, 2.24) is 0 Å². The summed E-state index contributed by atoms with van der Waals surface area (Å²) >= 11 is 0. The van der Waals surface area contributed by atoms with Crippen LogP contribution in [0.1, 0.15) is 11.1 Å². The van der Waals surface area contributed by atoms with Gasteiger partial charge in [-0.2, -0.15) is 13.2 Å². The second kappa shape index (κ2) is 4.64. The van der Waals surface area contributed by atoms with E-state index in [4.69, 9.17) is 0 Å². The van der Waals surface area contributed by atoms with E-state index < -0.39 is 23.4 Å². The van der Waals surface area contributed by atoms with E-state index in [1.165, 1.54) is 19.1 Å². The van der Waals surface area contributed by atoms with Crippen LogP contribution in [0.25, 0.3) is 11.1 Å². The summed E-state index contributed by atoms with van der Waals surface area (Å²) in [4.78, 5) is 0. The number of rotatable bonds is 1. The van der Waals surface area contributed by atoms with Crippen molar-refractivity contribution in [2.24, 2.45) is 0 Å². The fourth-order valence-electron chi connectivity index (χ4n) is 1.82. The highest BCUT2D eigenvalue weighted by atomic mass is 19.4. The van der Waals surface area contributed by atoms with Gasteiger partial charge in [-0.3, -0.25) is 0 Å². The minimum atomic E-state index is -4.50. The van der Waals surface area contributed by atoms with Crippen molar-refractivity contribution in [2.75, 3.05) is 0 Å². The zero-order valence-electron chi connectivity index (χ0n) is 9.85. The maximum absolute atomic E-state index is 13.5. The summed E-state index contributed by atoms with van der Waals surface area (Å²) in [5, 5.41) is 0. The smallest absolute Gasteiger partial charge is 0.207 e. The highest BCUT2D eigenvalue weighted by Gasteiger charge is 2.32. The summed E-state index contributed by atoms with van der Waals surface area (Å²) in [6, 6.07) is 6.27. The third kappa shape index (κ3) is 2.75. The predicted molar refractivity (Wildman–Crippen MR) is 61.5 cm³/mol. The molecule has 0 unspecified atom stereocenters. The van der Waals surface area contributed by atoms with Gasteiger partial charge >= 0.3 is 6.18 Å². The Morgan fingerprint density at radius 2 is 1.58 bits per heavy atom. The highest BCUT2D eigenvalue weighted by Crippen LogP contribution is 2.35. The molecule has 5 heteroatoms. The van der Waals surface area contributed by atoms with Gasteiger partial charge in [-0.1, -0.05) is 12.1 Å². The van der Waals surface area contributed by atoms with Crippen molar-refractivity contribution in [3.63, 3.8) is 0 Å². The van der Waals surface area contributed by atoms with Crippen LogP contribution in [0.15, 0.2) is 36.4 Å². The summed E-state index contributed by atoms with van der Waals surface area (Å²) in [6.07, 6.45) is -4.50. The Bertz CT molecular complexity index is 614. The number of halogens is 5. The van der Waals surface area contributed by atoms with E-state index in [0.717, 1.165) is 18.2 Å². The number of hydrogen-bond acceptors (Lipinski definition) is 0. The molecule has 0 bridgehead atoms. The van der Waals surface area contributed by atoms with Crippen LogP contribution in [0.2, 0.25) is 0 Å². The topological polar surface area (TPSA) is 0 Å². The molecule has 0 fully saturated rings. The maximum atomic E-state index is 13.5. The second-order valence-corrected chi connectivity index (χ2v) is 4.15. The number of alkyl halides is 3. The zero-order valence-corrected chi connectivity index (χ0v) is 9.85. The normalized spacial score (nSPS) is 11.7. The van der Waals surface area contributed by atoms with Crippen molar-refractivity contribution in [3.05, 3.63) is 59.2 Å². The lowest BCUT2D eigenvalue weighted by Crippen LogP contribution is -2.07.